The summed E-state index contributed by atoms with van der Waals surface area (Å²) in [5.41, 5.74) is 2.79. The van der Waals surface area contributed by atoms with Crippen LogP contribution in [0.3, 0.4) is 0 Å². The molecule has 0 aromatic heterocycles. The molecule has 2 amide bonds. The van der Waals surface area contributed by atoms with Gasteiger partial charge >= 0.3 is 0 Å². The van der Waals surface area contributed by atoms with E-state index >= 15 is 0 Å². The van der Waals surface area contributed by atoms with Crippen LogP contribution in [-0.2, 0) is 17.6 Å². The Hall–Kier alpha value is -3.14. The van der Waals surface area contributed by atoms with E-state index in [0.717, 1.165) is 28.3 Å². The lowest BCUT2D eigenvalue weighted by atomic mass is 9.99. The molecule has 4 nitrogen and oxygen atoms in total. The fraction of sp³-hybridized carbons (Fsp3) is 0.217. The van der Waals surface area contributed by atoms with Gasteiger partial charge in [-0.25, -0.2) is 0 Å². The van der Waals surface area contributed by atoms with Gasteiger partial charge in [0.2, 0.25) is 5.91 Å². The van der Waals surface area contributed by atoms with Crippen LogP contribution in [0.4, 0.5) is 0 Å². The molecule has 3 rings (SSSR count). The third kappa shape index (κ3) is 4.94. The zero-order chi connectivity index (χ0) is 19.1. The molecule has 0 aliphatic rings. The smallest absolute Gasteiger partial charge is 0.251 e. The highest BCUT2D eigenvalue weighted by Gasteiger charge is 2.08. The molecular formula is C23H24N2O2. The molecule has 27 heavy (non-hydrogen) atoms. The number of hydrogen-bond acceptors (Lipinski definition) is 2. The Labute approximate surface area is 159 Å². The molecule has 0 unspecified atom stereocenters. The van der Waals surface area contributed by atoms with Gasteiger partial charge in [-0.05, 0) is 47.4 Å². The summed E-state index contributed by atoms with van der Waals surface area (Å²) in [7, 11) is 0. The van der Waals surface area contributed by atoms with Crippen LogP contribution in [0.25, 0.3) is 10.8 Å². The molecule has 0 atom stereocenters. The summed E-state index contributed by atoms with van der Waals surface area (Å²) in [5.74, 6) is -0.0465. The molecule has 2 N–H and O–H groups in total. The first-order valence-corrected chi connectivity index (χ1v) is 9.28. The minimum Gasteiger partial charge on any atom is -0.355 e. The lowest BCUT2D eigenvalue weighted by molar-refractivity contribution is -0.120. The second-order valence-electron chi connectivity index (χ2n) is 6.47. The van der Waals surface area contributed by atoms with Gasteiger partial charge < -0.3 is 10.6 Å². The summed E-state index contributed by atoms with van der Waals surface area (Å²) in [6.07, 6.45) is 1.11. The monoisotopic (exact) mass is 360 g/mol. The van der Waals surface area contributed by atoms with Crippen molar-refractivity contribution in [1.82, 2.24) is 10.6 Å². The second-order valence-corrected chi connectivity index (χ2v) is 6.47. The molecule has 138 valence electrons. The maximum atomic E-state index is 12.1. The fourth-order valence-corrected chi connectivity index (χ4v) is 3.14. The molecule has 0 radical (unpaired) electrons. The van der Waals surface area contributed by atoms with Crippen molar-refractivity contribution in [3.63, 3.8) is 0 Å². The van der Waals surface area contributed by atoms with Gasteiger partial charge in [-0.3, -0.25) is 9.59 Å². The maximum absolute atomic E-state index is 12.1. The molecule has 0 saturated heterocycles. The average Bonchev–Trinajstić information content (AvgIpc) is 2.69. The van der Waals surface area contributed by atoms with Crippen LogP contribution in [0, 0.1) is 0 Å². The number of carbonyl (C=O) groups is 2. The number of benzene rings is 3. The van der Waals surface area contributed by atoms with Gasteiger partial charge in [0.1, 0.15) is 0 Å². The Morgan fingerprint density at radius 3 is 2.48 bits per heavy atom. The molecule has 0 spiro atoms. The van der Waals surface area contributed by atoms with Gasteiger partial charge in [-0.2, -0.15) is 0 Å². The molecule has 0 aliphatic carbocycles. The second kappa shape index (κ2) is 8.99. The van der Waals surface area contributed by atoms with E-state index in [9.17, 15) is 9.59 Å². The first kappa shape index (κ1) is 18.6. The molecule has 4 heteroatoms. The van der Waals surface area contributed by atoms with E-state index in [2.05, 4.69) is 10.6 Å². The van der Waals surface area contributed by atoms with Crippen molar-refractivity contribution >= 4 is 22.6 Å². The molecule has 0 saturated carbocycles. The third-order valence-electron chi connectivity index (χ3n) is 4.50. The lowest BCUT2D eigenvalue weighted by Gasteiger charge is -2.10. The summed E-state index contributed by atoms with van der Waals surface area (Å²) in [4.78, 5) is 24.2. The number of carbonyl (C=O) groups excluding carboxylic acids is 2. The third-order valence-corrected chi connectivity index (χ3v) is 4.50. The summed E-state index contributed by atoms with van der Waals surface area (Å²) >= 11 is 0. The highest BCUT2D eigenvalue weighted by molar-refractivity contribution is 5.99. The van der Waals surface area contributed by atoms with Crippen LogP contribution in [0.15, 0.2) is 66.7 Å². The van der Waals surface area contributed by atoms with E-state index in [0.29, 0.717) is 25.1 Å². The van der Waals surface area contributed by atoms with Gasteiger partial charge in [0.05, 0.1) is 6.42 Å². The predicted octanol–water partition coefficient (Wildman–Crippen LogP) is 3.49. The number of amides is 2. The van der Waals surface area contributed by atoms with E-state index in [4.69, 9.17) is 0 Å². The number of hydrogen-bond donors (Lipinski definition) is 2. The zero-order valence-corrected chi connectivity index (χ0v) is 15.5. The molecule has 0 heterocycles. The van der Waals surface area contributed by atoms with Gasteiger partial charge in [-0.15, -0.1) is 0 Å². The van der Waals surface area contributed by atoms with Crippen LogP contribution in [0.2, 0.25) is 0 Å². The molecular weight excluding hydrogens is 336 g/mol. The largest absolute Gasteiger partial charge is 0.355 e. The van der Waals surface area contributed by atoms with Crippen molar-refractivity contribution in [2.24, 2.45) is 0 Å². The topological polar surface area (TPSA) is 58.2 Å². The van der Waals surface area contributed by atoms with Gasteiger partial charge in [0.15, 0.2) is 0 Å². The molecule has 0 bridgehead atoms. The van der Waals surface area contributed by atoms with Crippen LogP contribution in [0.5, 0.6) is 0 Å². The quantitative estimate of drug-likeness (QED) is 0.678. The Morgan fingerprint density at radius 2 is 1.70 bits per heavy atom. The fourth-order valence-electron chi connectivity index (χ4n) is 3.14. The summed E-state index contributed by atoms with van der Waals surface area (Å²) in [6, 6.07) is 21.6. The van der Waals surface area contributed by atoms with Crippen LogP contribution in [-0.4, -0.2) is 24.9 Å². The van der Waals surface area contributed by atoms with Crippen molar-refractivity contribution in [3.8, 4) is 0 Å². The van der Waals surface area contributed by atoms with Crippen molar-refractivity contribution in [2.45, 2.75) is 19.8 Å². The number of rotatable bonds is 7. The summed E-state index contributed by atoms with van der Waals surface area (Å²) < 4.78 is 0. The SMILES string of the molecule is CCNC(=O)c1ccc2cccc(CCNC(=O)Cc3ccccc3)c2c1. The Balaban J connectivity index is 1.66. The molecule has 0 aliphatic heterocycles. The highest BCUT2D eigenvalue weighted by Crippen LogP contribution is 2.21. The van der Waals surface area contributed by atoms with Crippen molar-refractivity contribution in [1.29, 1.82) is 0 Å². The van der Waals surface area contributed by atoms with Crippen LogP contribution in [0.1, 0.15) is 28.4 Å². The Bertz CT molecular complexity index is 936. The molecule has 0 fully saturated rings. The van der Waals surface area contributed by atoms with E-state index < -0.39 is 0 Å². The standard InChI is InChI=1S/C23H24N2O2/c1-2-24-23(27)20-12-11-18-9-6-10-19(21(18)16-20)13-14-25-22(26)15-17-7-4-3-5-8-17/h3-12,16H,2,13-15H2,1H3,(H,24,27)(H,25,26). The molecule has 3 aromatic rings. The van der Waals surface area contributed by atoms with Crippen LogP contribution < -0.4 is 10.6 Å². The minimum atomic E-state index is -0.0645. The first-order valence-electron chi connectivity index (χ1n) is 9.28. The Kier molecular flexibility index (Phi) is 6.21. The minimum absolute atomic E-state index is 0.0180. The Morgan fingerprint density at radius 1 is 0.889 bits per heavy atom. The first-order chi connectivity index (χ1) is 13.2. The van der Waals surface area contributed by atoms with Gasteiger partial charge in [0.25, 0.3) is 5.91 Å². The van der Waals surface area contributed by atoms with E-state index in [-0.39, 0.29) is 11.8 Å². The number of fused-ring (bicyclic) bond motifs is 1. The van der Waals surface area contributed by atoms with Gasteiger partial charge in [0, 0.05) is 18.7 Å². The maximum Gasteiger partial charge on any atom is 0.251 e. The normalized spacial score (nSPS) is 10.6. The van der Waals surface area contributed by atoms with Crippen molar-refractivity contribution < 1.29 is 9.59 Å². The highest BCUT2D eigenvalue weighted by atomic mass is 16.2. The zero-order valence-electron chi connectivity index (χ0n) is 15.5. The predicted molar refractivity (Wildman–Crippen MR) is 109 cm³/mol. The summed E-state index contributed by atoms with van der Waals surface area (Å²) in [6.45, 7) is 3.07. The van der Waals surface area contributed by atoms with E-state index in [1.54, 1.807) is 0 Å². The van der Waals surface area contributed by atoms with Gasteiger partial charge in [-0.1, -0.05) is 54.6 Å². The van der Waals surface area contributed by atoms with Crippen LogP contribution >= 0.6 is 0 Å². The van der Waals surface area contributed by atoms with Crippen molar-refractivity contribution in [3.05, 3.63) is 83.4 Å². The lowest BCUT2D eigenvalue weighted by Crippen LogP contribution is -2.27. The van der Waals surface area contributed by atoms with E-state index in [1.165, 1.54) is 0 Å². The van der Waals surface area contributed by atoms with Crippen molar-refractivity contribution in [2.75, 3.05) is 13.1 Å². The number of nitrogens with one attached hydrogen (secondary N) is 2. The summed E-state index contributed by atoms with van der Waals surface area (Å²) in [5, 5.41) is 7.96. The van der Waals surface area contributed by atoms with E-state index in [1.807, 2.05) is 73.7 Å². The molecule has 3 aromatic carbocycles. The average molecular weight is 360 g/mol.